The van der Waals surface area contributed by atoms with Crippen molar-refractivity contribution in [1.82, 2.24) is 0 Å². The molecule has 0 aliphatic heterocycles. The number of hydrogen-bond acceptors (Lipinski definition) is 4. The molecule has 156 valence electrons. The van der Waals surface area contributed by atoms with E-state index in [-0.39, 0.29) is 30.6 Å². The number of carbonyl (C=O) groups excluding carboxylic acids is 2. The third kappa shape index (κ3) is 9.72. The van der Waals surface area contributed by atoms with Gasteiger partial charge in [-0.05, 0) is 56.6 Å². The van der Waals surface area contributed by atoms with Crippen LogP contribution in [0.2, 0.25) is 0 Å². The van der Waals surface area contributed by atoms with Crippen LogP contribution in [0.25, 0.3) is 0 Å². The molecule has 1 atom stereocenters. The normalized spacial score (nSPS) is 27.0. The van der Waals surface area contributed by atoms with E-state index in [2.05, 4.69) is 52.0 Å². The Morgan fingerprint density at radius 2 is 1.64 bits per heavy atom. The molecule has 0 bridgehead atoms. The van der Waals surface area contributed by atoms with Gasteiger partial charge in [0.2, 0.25) is 0 Å². The fraction of sp³-hybridized carbons (Fsp3) is 0.583. The Hall–Kier alpha value is -2.10. The molecule has 0 aromatic heterocycles. The molecule has 0 saturated heterocycles. The first-order chi connectivity index (χ1) is 13.2. The molecule has 0 heterocycles. The van der Waals surface area contributed by atoms with Crippen LogP contribution in [0.1, 0.15) is 73.6 Å². The van der Waals surface area contributed by atoms with Gasteiger partial charge in [0, 0.05) is 20.3 Å². The van der Waals surface area contributed by atoms with E-state index in [0.29, 0.717) is 6.42 Å². The van der Waals surface area contributed by atoms with Crippen LogP contribution < -0.4 is 0 Å². The molecule has 0 aromatic carbocycles. The molecule has 0 fully saturated rings. The molecule has 1 rings (SSSR count). The number of allylic oxidation sites excluding steroid dienone is 6. The molecule has 0 amide bonds. The molecular formula is C24H36O4. The standard InChI is InChI=1S/C24H36O4/c1-17(2)23-14-13-19(4)10-7-9-18(3)11-8-12-22(16-27-20(5)25)15-24(23)28-21(6)26/h9,12-14,17,24H,7-8,10-11,15-16H2,1-6H3/b18-9+,19-13+,22-12-,23-14-/t24-/m0/s1. The molecule has 0 unspecified atom stereocenters. The van der Waals surface area contributed by atoms with Crippen LogP contribution in [0.3, 0.4) is 0 Å². The van der Waals surface area contributed by atoms with Crippen molar-refractivity contribution in [1.29, 1.82) is 0 Å². The highest BCUT2D eigenvalue weighted by Gasteiger charge is 2.22. The first-order valence-electron chi connectivity index (χ1n) is 10.2. The maximum atomic E-state index is 11.8. The molecule has 0 radical (unpaired) electrons. The van der Waals surface area contributed by atoms with Gasteiger partial charge in [0.15, 0.2) is 0 Å². The molecular weight excluding hydrogens is 352 g/mol. The molecule has 1 aliphatic carbocycles. The van der Waals surface area contributed by atoms with Gasteiger partial charge < -0.3 is 9.47 Å². The fourth-order valence-corrected chi connectivity index (χ4v) is 3.21. The lowest BCUT2D eigenvalue weighted by molar-refractivity contribution is -0.145. The summed E-state index contributed by atoms with van der Waals surface area (Å²) in [6, 6.07) is 0. The zero-order chi connectivity index (χ0) is 21.1. The fourth-order valence-electron chi connectivity index (χ4n) is 3.21. The van der Waals surface area contributed by atoms with E-state index in [1.807, 2.05) is 0 Å². The summed E-state index contributed by atoms with van der Waals surface area (Å²) in [5.41, 5.74) is 4.73. The van der Waals surface area contributed by atoms with E-state index in [1.165, 1.54) is 25.0 Å². The van der Waals surface area contributed by atoms with E-state index in [0.717, 1.165) is 36.8 Å². The number of hydrogen-bond donors (Lipinski definition) is 0. The van der Waals surface area contributed by atoms with E-state index >= 15 is 0 Å². The van der Waals surface area contributed by atoms with Crippen molar-refractivity contribution >= 4 is 11.9 Å². The third-order valence-electron chi connectivity index (χ3n) is 4.82. The second-order valence-corrected chi connectivity index (χ2v) is 7.91. The monoisotopic (exact) mass is 388 g/mol. The van der Waals surface area contributed by atoms with Gasteiger partial charge in [-0.15, -0.1) is 0 Å². The van der Waals surface area contributed by atoms with Crippen LogP contribution in [-0.4, -0.2) is 24.6 Å². The van der Waals surface area contributed by atoms with Gasteiger partial charge in [0.25, 0.3) is 0 Å². The van der Waals surface area contributed by atoms with Crippen LogP contribution in [0.5, 0.6) is 0 Å². The van der Waals surface area contributed by atoms with Crippen molar-refractivity contribution < 1.29 is 19.1 Å². The lowest BCUT2D eigenvalue weighted by Gasteiger charge is -2.24. The van der Waals surface area contributed by atoms with Gasteiger partial charge in [-0.25, -0.2) is 0 Å². The number of rotatable bonds is 4. The summed E-state index contributed by atoms with van der Waals surface area (Å²) >= 11 is 0. The third-order valence-corrected chi connectivity index (χ3v) is 4.82. The van der Waals surface area contributed by atoms with Crippen LogP contribution in [0, 0.1) is 5.92 Å². The van der Waals surface area contributed by atoms with Crippen LogP contribution in [0.4, 0.5) is 0 Å². The Morgan fingerprint density at radius 3 is 2.25 bits per heavy atom. The summed E-state index contributed by atoms with van der Waals surface area (Å²) in [7, 11) is 0. The van der Waals surface area contributed by atoms with E-state index in [1.54, 1.807) is 0 Å². The molecule has 0 aromatic rings. The molecule has 0 N–H and O–H groups in total. The molecule has 4 heteroatoms. The second kappa shape index (κ2) is 12.4. The number of carbonyl (C=O) groups is 2. The number of ether oxygens (including phenoxy) is 2. The summed E-state index contributed by atoms with van der Waals surface area (Å²) in [6.45, 7) is 11.6. The average Bonchev–Trinajstić information content (AvgIpc) is 2.57. The highest BCUT2D eigenvalue weighted by Crippen LogP contribution is 2.25. The predicted octanol–water partition coefficient (Wildman–Crippen LogP) is 5.85. The van der Waals surface area contributed by atoms with E-state index < -0.39 is 0 Å². The van der Waals surface area contributed by atoms with Gasteiger partial charge >= 0.3 is 11.9 Å². The molecule has 1 aliphatic rings. The van der Waals surface area contributed by atoms with E-state index in [4.69, 9.17) is 9.47 Å². The van der Waals surface area contributed by atoms with Crippen molar-refractivity contribution in [2.24, 2.45) is 5.92 Å². The second-order valence-electron chi connectivity index (χ2n) is 7.91. The molecule has 0 saturated carbocycles. The maximum absolute atomic E-state index is 11.8. The van der Waals surface area contributed by atoms with Crippen LogP contribution in [-0.2, 0) is 19.1 Å². The van der Waals surface area contributed by atoms with Crippen molar-refractivity contribution in [3.8, 4) is 0 Å². The predicted molar refractivity (Wildman–Crippen MR) is 114 cm³/mol. The Kier molecular flexibility index (Phi) is 10.6. The molecule has 28 heavy (non-hydrogen) atoms. The maximum Gasteiger partial charge on any atom is 0.303 e. The first kappa shape index (κ1) is 23.9. The van der Waals surface area contributed by atoms with Gasteiger partial charge in [0.05, 0.1) is 0 Å². The minimum absolute atomic E-state index is 0.232. The summed E-state index contributed by atoms with van der Waals surface area (Å²) in [6.07, 6.45) is 12.7. The highest BCUT2D eigenvalue weighted by molar-refractivity contribution is 5.67. The zero-order valence-corrected chi connectivity index (χ0v) is 18.3. The van der Waals surface area contributed by atoms with Gasteiger partial charge in [-0.3, -0.25) is 9.59 Å². The van der Waals surface area contributed by atoms with Crippen molar-refractivity contribution in [2.75, 3.05) is 6.61 Å². The quantitative estimate of drug-likeness (QED) is 0.448. The van der Waals surface area contributed by atoms with Crippen LogP contribution in [0.15, 0.2) is 46.6 Å². The summed E-state index contributed by atoms with van der Waals surface area (Å²) in [4.78, 5) is 23.1. The topological polar surface area (TPSA) is 52.6 Å². The minimum Gasteiger partial charge on any atom is -0.461 e. The van der Waals surface area contributed by atoms with Crippen molar-refractivity contribution in [2.45, 2.75) is 79.8 Å². The Balaban J connectivity index is 3.28. The lowest BCUT2D eigenvalue weighted by atomic mass is 9.91. The lowest BCUT2D eigenvalue weighted by Crippen LogP contribution is -2.24. The van der Waals surface area contributed by atoms with Crippen LogP contribution >= 0.6 is 0 Å². The Bertz CT molecular complexity index is 662. The molecule has 4 nitrogen and oxygen atoms in total. The Morgan fingerprint density at radius 1 is 1.00 bits per heavy atom. The smallest absolute Gasteiger partial charge is 0.303 e. The van der Waals surface area contributed by atoms with Crippen molar-refractivity contribution in [3.63, 3.8) is 0 Å². The number of esters is 2. The SMILES string of the molecule is CC(=O)OC/C1=C\CC/C(C)=C/CC/C(C)=C/C=C(/C(C)C)[C@@H](OC(C)=O)C1. The van der Waals surface area contributed by atoms with Gasteiger partial charge in [0.1, 0.15) is 12.7 Å². The van der Waals surface area contributed by atoms with Crippen molar-refractivity contribution in [3.05, 3.63) is 46.6 Å². The average molecular weight is 389 g/mol. The molecule has 0 spiro atoms. The summed E-state index contributed by atoms with van der Waals surface area (Å²) in [5.74, 6) is -0.374. The minimum atomic E-state index is -0.358. The first-order valence-corrected chi connectivity index (χ1v) is 10.2. The van der Waals surface area contributed by atoms with E-state index in [9.17, 15) is 9.59 Å². The van der Waals surface area contributed by atoms with Gasteiger partial charge in [-0.2, -0.15) is 0 Å². The summed E-state index contributed by atoms with van der Waals surface area (Å²) < 4.78 is 10.9. The highest BCUT2D eigenvalue weighted by atomic mass is 16.5. The van der Waals surface area contributed by atoms with Gasteiger partial charge in [-0.1, -0.05) is 49.3 Å². The largest absolute Gasteiger partial charge is 0.461 e. The summed E-state index contributed by atoms with van der Waals surface area (Å²) in [5, 5.41) is 0. The Labute approximate surface area is 170 Å². The zero-order valence-electron chi connectivity index (χ0n) is 18.3.